The van der Waals surface area contributed by atoms with Crippen molar-refractivity contribution >= 4 is 11.9 Å². The van der Waals surface area contributed by atoms with Gasteiger partial charge in [0.1, 0.15) is 11.5 Å². The summed E-state index contributed by atoms with van der Waals surface area (Å²) in [6.45, 7) is 0.691. The highest BCUT2D eigenvalue weighted by Crippen LogP contribution is 2.26. The van der Waals surface area contributed by atoms with Crippen LogP contribution in [0.2, 0.25) is 0 Å². The Kier molecular flexibility index (Phi) is 7.25. The molecule has 0 atom stereocenters. The molecule has 2 rings (SSSR count). The summed E-state index contributed by atoms with van der Waals surface area (Å²) in [5.41, 5.74) is 1.46. The molecule has 8 nitrogen and oxygen atoms in total. The van der Waals surface area contributed by atoms with Crippen molar-refractivity contribution in [1.29, 1.82) is 0 Å². The van der Waals surface area contributed by atoms with Crippen LogP contribution < -0.4 is 9.47 Å². The summed E-state index contributed by atoms with van der Waals surface area (Å²) < 4.78 is 25.3. The maximum atomic E-state index is 11.8. The van der Waals surface area contributed by atoms with Crippen LogP contribution in [-0.4, -0.2) is 51.8 Å². The quantitative estimate of drug-likeness (QED) is 0.615. The fourth-order valence-electron chi connectivity index (χ4n) is 2.61. The zero-order chi connectivity index (χ0) is 19.8. The van der Waals surface area contributed by atoms with Gasteiger partial charge in [-0.3, -0.25) is 9.69 Å². The zero-order valence-electron chi connectivity index (χ0n) is 15.8. The van der Waals surface area contributed by atoms with Crippen LogP contribution >= 0.6 is 0 Å². The Bertz CT molecular complexity index is 784. The monoisotopic (exact) mass is 377 g/mol. The van der Waals surface area contributed by atoms with Crippen LogP contribution in [0.25, 0.3) is 0 Å². The molecule has 27 heavy (non-hydrogen) atoms. The molecule has 146 valence electrons. The third kappa shape index (κ3) is 5.24. The second-order valence-electron chi connectivity index (χ2n) is 5.67. The minimum atomic E-state index is -0.574. The Morgan fingerprint density at radius 2 is 1.70 bits per heavy atom. The highest BCUT2D eigenvalue weighted by molar-refractivity contribution is 5.87. The van der Waals surface area contributed by atoms with Gasteiger partial charge in [0, 0.05) is 30.3 Å². The predicted molar refractivity (Wildman–Crippen MR) is 95.7 cm³/mol. The molecule has 2 aromatic rings. The first-order valence-electron chi connectivity index (χ1n) is 8.17. The molecule has 0 radical (unpaired) electrons. The van der Waals surface area contributed by atoms with E-state index in [2.05, 4.69) is 0 Å². The summed E-state index contributed by atoms with van der Waals surface area (Å²) in [5, 5.41) is 0. The fraction of sp³-hybridized carbons (Fsp3) is 0.368. The van der Waals surface area contributed by atoms with Gasteiger partial charge in [-0.15, -0.1) is 0 Å². The Morgan fingerprint density at radius 3 is 2.33 bits per heavy atom. The molecule has 0 aliphatic heterocycles. The van der Waals surface area contributed by atoms with Crippen molar-refractivity contribution in [2.45, 2.75) is 13.1 Å². The van der Waals surface area contributed by atoms with E-state index in [0.29, 0.717) is 23.6 Å². The number of methoxy groups -OCH3 is 4. The zero-order valence-corrected chi connectivity index (χ0v) is 15.8. The number of nitrogens with zero attached hydrogens (tertiary/aromatic N) is 1. The lowest BCUT2D eigenvalue weighted by atomic mass is 10.1. The van der Waals surface area contributed by atoms with Crippen molar-refractivity contribution < 1.29 is 33.0 Å². The van der Waals surface area contributed by atoms with E-state index in [1.807, 2.05) is 17.0 Å². The van der Waals surface area contributed by atoms with Gasteiger partial charge in [0.05, 0.1) is 41.2 Å². The Hall–Kier alpha value is -3.00. The molecule has 1 heterocycles. The van der Waals surface area contributed by atoms with E-state index >= 15 is 0 Å². The lowest BCUT2D eigenvalue weighted by molar-refractivity contribution is -0.142. The molecular formula is C19H23NO7. The third-order valence-corrected chi connectivity index (χ3v) is 3.98. The molecule has 0 unspecified atom stereocenters. The van der Waals surface area contributed by atoms with Gasteiger partial charge in [-0.25, -0.2) is 4.79 Å². The highest BCUT2D eigenvalue weighted by Gasteiger charge is 2.21. The van der Waals surface area contributed by atoms with E-state index in [1.54, 1.807) is 26.4 Å². The van der Waals surface area contributed by atoms with Crippen LogP contribution in [0, 0.1) is 0 Å². The summed E-state index contributed by atoms with van der Waals surface area (Å²) in [5.74, 6) is 0.428. The summed E-state index contributed by atoms with van der Waals surface area (Å²) in [7, 11) is 5.74. The Morgan fingerprint density at radius 1 is 0.963 bits per heavy atom. The maximum absolute atomic E-state index is 11.8. The number of rotatable bonds is 9. The number of hydrogen-bond acceptors (Lipinski definition) is 8. The van der Waals surface area contributed by atoms with Crippen LogP contribution in [0.3, 0.4) is 0 Å². The summed E-state index contributed by atoms with van der Waals surface area (Å²) in [6.07, 6.45) is 1.41. The molecule has 0 bridgehead atoms. The van der Waals surface area contributed by atoms with E-state index in [9.17, 15) is 9.59 Å². The molecule has 0 aliphatic carbocycles. The first-order chi connectivity index (χ1) is 13.0. The third-order valence-electron chi connectivity index (χ3n) is 3.98. The van der Waals surface area contributed by atoms with E-state index in [0.717, 1.165) is 5.56 Å². The van der Waals surface area contributed by atoms with Gasteiger partial charge in [-0.2, -0.15) is 0 Å². The van der Waals surface area contributed by atoms with Crippen LogP contribution in [0.5, 0.6) is 11.5 Å². The van der Waals surface area contributed by atoms with E-state index in [4.69, 9.17) is 23.4 Å². The standard InChI is InChI=1S/C19H23NO7/c1-23-15-6-5-13(16(9-15)24-2)10-20(12-17(21)25-3)11-14-7-8-27-18(14)19(22)26-4/h5-9H,10-12H2,1-4H3. The normalized spacial score (nSPS) is 10.6. The number of carbonyl (C=O) groups is 2. The average molecular weight is 377 g/mol. The molecule has 0 saturated carbocycles. The van der Waals surface area contributed by atoms with Crippen LogP contribution in [0.4, 0.5) is 0 Å². The van der Waals surface area contributed by atoms with Crippen LogP contribution in [-0.2, 0) is 27.4 Å². The molecule has 0 aliphatic rings. The van der Waals surface area contributed by atoms with Crippen LogP contribution in [0.1, 0.15) is 21.7 Å². The first-order valence-corrected chi connectivity index (χ1v) is 8.17. The lowest BCUT2D eigenvalue weighted by Gasteiger charge is -2.22. The van der Waals surface area contributed by atoms with E-state index in [1.165, 1.54) is 20.5 Å². The minimum Gasteiger partial charge on any atom is -0.497 e. The van der Waals surface area contributed by atoms with Gasteiger partial charge in [0.25, 0.3) is 0 Å². The Labute approximate surface area is 157 Å². The number of ether oxygens (including phenoxy) is 4. The van der Waals surface area contributed by atoms with Gasteiger partial charge in [-0.1, -0.05) is 6.07 Å². The van der Waals surface area contributed by atoms with Gasteiger partial charge < -0.3 is 23.4 Å². The van der Waals surface area contributed by atoms with E-state index in [-0.39, 0.29) is 18.8 Å². The molecule has 1 aromatic carbocycles. The van der Waals surface area contributed by atoms with Gasteiger partial charge in [0.2, 0.25) is 5.76 Å². The van der Waals surface area contributed by atoms with Crippen molar-refractivity contribution in [2.24, 2.45) is 0 Å². The highest BCUT2D eigenvalue weighted by atomic mass is 16.5. The number of furan rings is 1. The Balaban J connectivity index is 2.26. The minimum absolute atomic E-state index is 0.0253. The van der Waals surface area contributed by atoms with Gasteiger partial charge in [-0.05, 0) is 12.1 Å². The number of benzene rings is 1. The van der Waals surface area contributed by atoms with Crippen molar-refractivity contribution in [2.75, 3.05) is 35.0 Å². The molecule has 0 saturated heterocycles. The fourth-order valence-corrected chi connectivity index (χ4v) is 2.61. The molecule has 1 aromatic heterocycles. The average Bonchev–Trinajstić information content (AvgIpc) is 3.15. The number of hydrogen-bond donors (Lipinski definition) is 0. The molecule has 8 heteroatoms. The smallest absolute Gasteiger partial charge is 0.374 e. The van der Waals surface area contributed by atoms with Crippen molar-refractivity contribution in [3.63, 3.8) is 0 Å². The molecule has 0 N–H and O–H groups in total. The predicted octanol–water partition coefficient (Wildman–Crippen LogP) is 2.26. The molecular weight excluding hydrogens is 354 g/mol. The number of esters is 2. The SMILES string of the molecule is COC(=O)CN(Cc1ccc(OC)cc1OC)Cc1ccoc1C(=O)OC. The summed E-state index contributed by atoms with van der Waals surface area (Å²) >= 11 is 0. The largest absolute Gasteiger partial charge is 0.497 e. The van der Waals surface area contributed by atoms with Crippen molar-refractivity contribution in [3.05, 3.63) is 47.4 Å². The van der Waals surface area contributed by atoms with Crippen molar-refractivity contribution in [1.82, 2.24) is 4.90 Å². The second-order valence-corrected chi connectivity index (χ2v) is 5.67. The van der Waals surface area contributed by atoms with Gasteiger partial charge in [0.15, 0.2) is 0 Å². The summed E-state index contributed by atoms with van der Waals surface area (Å²) in [4.78, 5) is 25.5. The van der Waals surface area contributed by atoms with Gasteiger partial charge >= 0.3 is 11.9 Å². The molecule has 0 spiro atoms. The maximum Gasteiger partial charge on any atom is 0.374 e. The topological polar surface area (TPSA) is 87.4 Å². The molecule has 0 amide bonds. The second kappa shape index (κ2) is 9.63. The van der Waals surface area contributed by atoms with Crippen LogP contribution in [0.15, 0.2) is 34.9 Å². The number of carbonyl (C=O) groups excluding carboxylic acids is 2. The van der Waals surface area contributed by atoms with Crippen molar-refractivity contribution in [3.8, 4) is 11.5 Å². The van der Waals surface area contributed by atoms with E-state index < -0.39 is 11.9 Å². The lowest BCUT2D eigenvalue weighted by Crippen LogP contribution is -2.30. The summed E-state index contributed by atoms with van der Waals surface area (Å²) in [6, 6.07) is 7.11. The molecule has 0 fully saturated rings. The first kappa shape index (κ1) is 20.3.